The summed E-state index contributed by atoms with van der Waals surface area (Å²) in [6.07, 6.45) is 2.58. The summed E-state index contributed by atoms with van der Waals surface area (Å²) in [7, 11) is 0. The maximum Gasteiger partial charge on any atom is 0.251 e. The highest BCUT2D eigenvalue weighted by atomic mass is 32.2. The van der Waals surface area contributed by atoms with E-state index >= 15 is 0 Å². The van der Waals surface area contributed by atoms with Gasteiger partial charge in [0.05, 0.1) is 0 Å². The normalized spacial score (nSPS) is 11.6. The maximum absolute atomic E-state index is 12.5. The molecule has 0 spiro atoms. The topological polar surface area (TPSA) is 58.2 Å². The van der Waals surface area contributed by atoms with Crippen LogP contribution in [0.4, 0.5) is 0 Å². The number of aryl methyl sites for hydroxylation is 1. The molecule has 2 amide bonds. The van der Waals surface area contributed by atoms with Crippen LogP contribution in [-0.2, 0) is 11.3 Å². The minimum absolute atomic E-state index is 0.154. The Labute approximate surface area is 153 Å². The molecule has 0 saturated carbocycles. The summed E-state index contributed by atoms with van der Waals surface area (Å²) in [4.78, 5) is 24.9. The van der Waals surface area contributed by atoms with Crippen molar-refractivity contribution >= 4 is 23.6 Å². The molecule has 2 aromatic rings. The summed E-state index contributed by atoms with van der Waals surface area (Å²) >= 11 is 1.66. The minimum Gasteiger partial charge on any atom is -0.350 e. The van der Waals surface area contributed by atoms with E-state index < -0.39 is 6.04 Å². The number of nitrogens with one attached hydrogen (secondary N) is 2. The fraction of sp³-hybridized carbons (Fsp3) is 0.300. The molecule has 0 heterocycles. The molecule has 0 aliphatic rings. The van der Waals surface area contributed by atoms with Crippen LogP contribution < -0.4 is 10.6 Å². The maximum atomic E-state index is 12.5. The first kappa shape index (κ1) is 19.1. The quantitative estimate of drug-likeness (QED) is 0.764. The predicted molar refractivity (Wildman–Crippen MR) is 104 cm³/mol. The van der Waals surface area contributed by atoms with Gasteiger partial charge in [-0.1, -0.05) is 48.0 Å². The van der Waals surface area contributed by atoms with Gasteiger partial charge in [-0.05, 0) is 43.0 Å². The third kappa shape index (κ3) is 6.27. The second kappa shape index (κ2) is 9.89. The summed E-state index contributed by atoms with van der Waals surface area (Å²) < 4.78 is 0. The van der Waals surface area contributed by atoms with Gasteiger partial charge in [-0.3, -0.25) is 9.59 Å². The first-order valence-electron chi connectivity index (χ1n) is 8.28. The number of hydrogen-bond donors (Lipinski definition) is 2. The number of amides is 2. The highest BCUT2D eigenvalue weighted by Gasteiger charge is 2.20. The van der Waals surface area contributed by atoms with Crippen LogP contribution in [0.15, 0.2) is 54.6 Å². The molecular weight excluding hydrogens is 332 g/mol. The van der Waals surface area contributed by atoms with E-state index in [1.54, 1.807) is 23.9 Å². The number of carbonyl (C=O) groups is 2. The molecule has 0 aliphatic heterocycles. The fourth-order valence-corrected chi connectivity index (χ4v) is 2.83. The number of rotatable bonds is 8. The second-order valence-corrected chi connectivity index (χ2v) is 6.86. The van der Waals surface area contributed by atoms with Gasteiger partial charge in [-0.2, -0.15) is 11.8 Å². The molecular formula is C20H24N2O2S. The summed E-state index contributed by atoms with van der Waals surface area (Å²) in [5, 5.41) is 5.77. The number of carbonyl (C=O) groups excluding carboxylic acids is 2. The molecule has 5 heteroatoms. The van der Waals surface area contributed by atoms with Crippen LogP contribution >= 0.6 is 11.8 Å². The van der Waals surface area contributed by atoms with Gasteiger partial charge >= 0.3 is 0 Å². The third-order valence-corrected chi connectivity index (χ3v) is 4.50. The van der Waals surface area contributed by atoms with Crippen LogP contribution in [0.1, 0.15) is 27.9 Å². The van der Waals surface area contributed by atoms with E-state index in [2.05, 4.69) is 10.6 Å². The van der Waals surface area contributed by atoms with Crippen LogP contribution in [0, 0.1) is 6.92 Å². The van der Waals surface area contributed by atoms with Gasteiger partial charge in [-0.15, -0.1) is 0 Å². The van der Waals surface area contributed by atoms with Crippen molar-refractivity contribution < 1.29 is 9.59 Å². The molecule has 2 aromatic carbocycles. The van der Waals surface area contributed by atoms with Crippen LogP contribution in [0.25, 0.3) is 0 Å². The minimum atomic E-state index is -0.536. The average molecular weight is 356 g/mol. The highest BCUT2D eigenvalue weighted by Crippen LogP contribution is 2.06. The molecule has 0 saturated heterocycles. The molecule has 0 aliphatic carbocycles. The van der Waals surface area contributed by atoms with Crippen molar-refractivity contribution in [2.24, 2.45) is 0 Å². The van der Waals surface area contributed by atoms with Crippen molar-refractivity contribution in [2.45, 2.75) is 25.9 Å². The molecule has 0 unspecified atom stereocenters. The Balaban J connectivity index is 1.96. The monoisotopic (exact) mass is 356 g/mol. The summed E-state index contributed by atoms with van der Waals surface area (Å²) in [6.45, 7) is 2.48. The Morgan fingerprint density at radius 3 is 2.36 bits per heavy atom. The van der Waals surface area contributed by atoms with E-state index in [0.717, 1.165) is 11.3 Å². The lowest BCUT2D eigenvalue weighted by Gasteiger charge is -2.18. The molecule has 1 atom stereocenters. The molecule has 0 radical (unpaired) electrons. The van der Waals surface area contributed by atoms with Crippen molar-refractivity contribution in [3.05, 3.63) is 71.3 Å². The van der Waals surface area contributed by atoms with Crippen molar-refractivity contribution in [1.82, 2.24) is 10.6 Å². The van der Waals surface area contributed by atoms with Gasteiger partial charge in [0.1, 0.15) is 6.04 Å². The Morgan fingerprint density at radius 2 is 1.72 bits per heavy atom. The van der Waals surface area contributed by atoms with Crippen LogP contribution in [-0.4, -0.2) is 29.9 Å². The predicted octanol–water partition coefficient (Wildman–Crippen LogP) is 3.16. The first-order chi connectivity index (χ1) is 12.1. The summed E-state index contributed by atoms with van der Waals surface area (Å²) in [5.74, 6) is 0.425. The number of hydrogen-bond acceptors (Lipinski definition) is 3. The molecule has 25 heavy (non-hydrogen) atoms. The van der Waals surface area contributed by atoms with E-state index in [1.165, 1.54) is 5.56 Å². The Hall–Kier alpha value is -2.27. The van der Waals surface area contributed by atoms with E-state index in [1.807, 2.05) is 55.6 Å². The van der Waals surface area contributed by atoms with E-state index in [0.29, 0.717) is 18.5 Å². The molecule has 132 valence electrons. The second-order valence-electron chi connectivity index (χ2n) is 5.88. The number of benzene rings is 2. The molecule has 2 N–H and O–H groups in total. The highest BCUT2D eigenvalue weighted by molar-refractivity contribution is 7.98. The largest absolute Gasteiger partial charge is 0.350 e. The van der Waals surface area contributed by atoms with Gasteiger partial charge in [-0.25, -0.2) is 0 Å². The molecule has 2 rings (SSSR count). The summed E-state index contributed by atoms with van der Waals surface area (Å²) in [5.41, 5.74) is 2.78. The van der Waals surface area contributed by atoms with Crippen molar-refractivity contribution in [2.75, 3.05) is 12.0 Å². The zero-order valence-electron chi connectivity index (χ0n) is 14.6. The van der Waals surface area contributed by atoms with Gasteiger partial charge in [0.25, 0.3) is 5.91 Å². The van der Waals surface area contributed by atoms with Crippen LogP contribution in [0.2, 0.25) is 0 Å². The Morgan fingerprint density at radius 1 is 1.04 bits per heavy atom. The zero-order valence-corrected chi connectivity index (χ0v) is 15.4. The van der Waals surface area contributed by atoms with Gasteiger partial charge in [0.15, 0.2) is 0 Å². The molecule has 0 fully saturated rings. The lowest BCUT2D eigenvalue weighted by Crippen LogP contribution is -2.46. The SMILES string of the molecule is CSCC[C@H](NC(=O)c1ccccc1)C(=O)NCc1ccc(C)cc1. The number of thioether (sulfide) groups is 1. The molecule has 4 nitrogen and oxygen atoms in total. The lowest BCUT2D eigenvalue weighted by atomic mass is 10.1. The van der Waals surface area contributed by atoms with Crippen LogP contribution in [0.5, 0.6) is 0 Å². The molecule has 0 aromatic heterocycles. The standard InChI is InChI=1S/C20H24N2O2S/c1-15-8-10-16(11-9-15)14-21-20(24)18(12-13-25-2)22-19(23)17-6-4-3-5-7-17/h3-11,18H,12-14H2,1-2H3,(H,21,24)(H,22,23)/t18-/m0/s1. The third-order valence-electron chi connectivity index (χ3n) is 3.86. The van der Waals surface area contributed by atoms with Crippen molar-refractivity contribution in [3.63, 3.8) is 0 Å². The fourth-order valence-electron chi connectivity index (χ4n) is 2.35. The van der Waals surface area contributed by atoms with Crippen LogP contribution in [0.3, 0.4) is 0 Å². The smallest absolute Gasteiger partial charge is 0.251 e. The van der Waals surface area contributed by atoms with Gasteiger partial charge in [0.2, 0.25) is 5.91 Å². The van der Waals surface area contributed by atoms with Crippen molar-refractivity contribution in [1.29, 1.82) is 0 Å². The molecule has 0 bridgehead atoms. The summed E-state index contributed by atoms with van der Waals surface area (Å²) in [6, 6.07) is 16.4. The van der Waals surface area contributed by atoms with Crippen molar-refractivity contribution in [3.8, 4) is 0 Å². The first-order valence-corrected chi connectivity index (χ1v) is 9.67. The van der Waals surface area contributed by atoms with E-state index in [4.69, 9.17) is 0 Å². The zero-order chi connectivity index (χ0) is 18.1. The Bertz CT molecular complexity index is 687. The van der Waals surface area contributed by atoms with E-state index in [-0.39, 0.29) is 11.8 Å². The Kier molecular flexibility index (Phi) is 7.54. The lowest BCUT2D eigenvalue weighted by molar-refractivity contribution is -0.123. The van der Waals surface area contributed by atoms with Gasteiger partial charge in [0, 0.05) is 12.1 Å². The van der Waals surface area contributed by atoms with Gasteiger partial charge < -0.3 is 10.6 Å². The average Bonchev–Trinajstić information content (AvgIpc) is 2.65. The van der Waals surface area contributed by atoms with E-state index in [9.17, 15) is 9.59 Å².